The van der Waals surface area contributed by atoms with Crippen molar-refractivity contribution in [3.8, 4) is 0 Å². The van der Waals surface area contributed by atoms with Crippen LogP contribution < -0.4 is 11.1 Å². The molecule has 0 aliphatic heterocycles. The second kappa shape index (κ2) is 9.77. The molecule has 7 nitrogen and oxygen atoms in total. The number of amides is 1. The van der Waals surface area contributed by atoms with Crippen molar-refractivity contribution >= 4 is 32.8 Å². The van der Waals surface area contributed by atoms with E-state index in [1.54, 1.807) is 0 Å². The van der Waals surface area contributed by atoms with E-state index in [-0.39, 0.29) is 12.8 Å². The van der Waals surface area contributed by atoms with Gasteiger partial charge in [-0.1, -0.05) is 0 Å². The first-order valence-corrected chi connectivity index (χ1v) is 8.39. The Morgan fingerprint density at radius 1 is 1.21 bits per heavy atom. The molecule has 110 valence electrons. The molecule has 0 radical (unpaired) electrons. The summed E-state index contributed by atoms with van der Waals surface area (Å²) in [4.78, 5) is 32.9. The molecule has 0 heterocycles. The molecule has 1 amide bonds. The topological polar surface area (TPSA) is 130 Å². The van der Waals surface area contributed by atoms with Crippen LogP contribution in [0.1, 0.15) is 26.2 Å². The first-order chi connectivity index (χ1) is 8.88. The molecule has 0 aromatic rings. The molecular formula is C11H20N2O5Se. The van der Waals surface area contributed by atoms with Crippen LogP contribution in [0.25, 0.3) is 0 Å². The van der Waals surface area contributed by atoms with E-state index in [2.05, 4.69) is 5.32 Å². The van der Waals surface area contributed by atoms with Gasteiger partial charge in [-0.3, -0.25) is 0 Å². The van der Waals surface area contributed by atoms with Crippen LogP contribution in [-0.4, -0.2) is 55.1 Å². The van der Waals surface area contributed by atoms with Crippen LogP contribution in [0.4, 0.5) is 0 Å². The predicted octanol–water partition coefficient (Wildman–Crippen LogP) is -0.301. The number of hydrogen-bond donors (Lipinski definition) is 4. The third-order valence-corrected chi connectivity index (χ3v) is 4.34. The molecule has 5 N–H and O–H groups in total. The van der Waals surface area contributed by atoms with Gasteiger partial charge in [0.2, 0.25) is 0 Å². The molecule has 0 aromatic carbocycles. The quantitative estimate of drug-likeness (QED) is 0.319. The fourth-order valence-electron chi connectivity index (χ4n) is 1.28. The Balaban J connectivity index is 4.09. The first kappa shape index (κ1) is 17.9. The van der Waals surface area contributed by atoms with E-state index in [4.69, 9.17) is 15.9 Å². The number of aliphatic carboxylic acids is 2. The Bertz CT molecular complexity index is 324. The molecule has 0 fully saturated rings. The normalized spacial score (nSPS) is 13.6. The average molecular weight is 339 g/mol. The van der Waals surface area contributed by atoms with Gasteiger partial charge in [0.1, 0.15) is 0 Å². The zero-order valence-corrected chi connectivity index (χ0v) is 12.5. The van der Waals surface area contributed by atoms with Gasteiger partial charge >= 0.3 is 117 Å². The van der Waals surface area contributed by atoms with Crippen molar-refractivity contribution in [2.24, 2.45) is 5.73 Å². The summed E-state index contributed by atoms with van der Waals surface area (Å²) < 4.78 is 0. The molecule has 0 bridgehead atoms. The number of carboxylic acid groups (broad SMARTS) is 2. The van der Waals surface area contributed by atoms with Gasteiger partial charge in [0.15, 0.2) is 0 Å². The molecule has 0 aliphatic rings. The standard InChI is InChI=1S/C11H20N2O5Se/c1-2-19-6-5-8(11(17)18)13-9(14)4-3-7(12)10(15)16/h7-8H,2-6,12H2,1H3,(H,13,14)(H,15,16)(H,17,18)/t7-,8-/m0/s1. The average Bonchev–Trinajstić information content (AvgIpc) is 2.34. The third kappa shape index (κ3) is 8.58. The van der Waals surface area contributed by atoms with Crippen molar-refractivity contribution in [3.63, 3.8) is 0 Å². The number of rotatable bonds is 10. The summed E-state index contributed by atoms with van der Waals surface area (Å²) in [5.74, 6) is -2.72. The second-order valence-corrected chi connectivity index (χ2v) is 6.85. The van der Waals surface area contributed by atoms with Crippen LogP contribution in [0.15, 0.2) is 0 Å². The van der Waals surface area contributed by atoms with E-state index in [1.165, 1.54) is 0 Å². The number of carbonyl (C=O) groups excluding carboxylic acids is 1. The van der Waals surface area contributed by atoms with Crippen molar-refractivity contribution in [1.82, 2.24) is 5.32 Å². The minimum absolute atomic E-state index is 0.00754. The Kier molecular flexibility index (Phi) is 9.20. The van der Waals surface area contributed by atoms with Gasteiger partial charge in [-0.05, 0) is 0 Å². The molecule has 19 heavy (non-hydrogen) atoms. The number of carbonyl (C=O) groups is 3. The van der Waals surface area contributed by atoms with E-state index in [1.807, 2.05) is 6.92 Å². The summed E-state index contributed by atoms with van der Waals surface area (Å²) in [5, 5.41) is 21.7. The Hall–Kier alpha value is -1.11. The van der Waals surface area contributed by atoms with Crippen molar-refractivity contribution in [1.29, 1.82) is 0 Å². The molecule has 0 aromatic heterocycles. The van der Waals surface area contributed by atoms with Gasteiger partial charge < -0.3 is 0 Å². The maximum absolute atomic E-state index is 11.5. The molecular weight excluding hydrogens is 319 g/mol. The van der Waals surface area contributed by atoms with E-state index in [0.717, 1.165) is 10.6 Å². The van der Waals surface area contributed by atoms with Gasteiger partial charge in [0.05, 0.1) is 0 Å². The molecule has 0 unspecified atom stereocenters. The van der Waals surface area contributed by atoms with Crippen molar-refractivity contribution < 1.29 is 24.6 Å². The van der Waals surface area contributed by atoms with Crippen LogP contribution >= 0.6 is 0 Å². The Morgan fingerprint density at radius 2 is 1.84 bits per heavy atom. The third-order valence-electron chi connectivity index (χ3n) is 2.39. The van der Waals surface area contributed by atoms with Crippen LogP contribution in [0, 0.1) is 0 Å². The van der Waals surface area contributed by atoms with Gasteiger partial charge in [-0.25, -0.2) is 0 Å². The summed E-state index contributed by atoms with van der Waals surface area (Å²) in [5.41, 5.74) is 5.26. The van der Waals surface area contributed by atoms with Gasteiger partial charge in [-0.15, -0.1) is 0 Å². The molecule has 0 rings (SSSR count). The summed E-state index contributed by atoms with van der Waals surface area (Å²) in [7, 11) is 0. The van der Waals surface area contributed by atoms with Gasteiger partial charge in [0, 0.05) is 0 Å². The zero-order valence-electron chi connectivity index (χ0n) is 10.8. The molecule has 0 spiro atoms. The number of carboxylic acids is 2. The number of nitrogens with one attached hydrogen (secondary N) is 1. The molecule has 8 heteroatoms. The zero-order chi connectivity index (χ0) is 14.8. The molecule has 2 atom stereocenters. The fraction of sp³-hybridized carbons (Fsp3) is 0.727. The molecule has 0 aliphatic carbocycles. The fourth-order valence-corrected chi connectivity index (χ4v) is 2.73. The minimum atomic E-state index is -1.17. The van der Waals surface area contributed by atoms with E-state index < -0.39 is 29.9 Å². The van der Waals surface area contributed by atoms with Crippen LogP contribution in [0.3, 0.4) is 0 Å². The Morgan fingerprint density at radius 3 is 2.32 bits per heavy atom. The van der Waals surface area contributed by atoms with Crippen LogP contribution in [0.5, 0.6) is 0 Å². The Labute approximate surface area is 118 Å². The van der Waals surface area contributed by atoms with Crippen molar-refractivity contribution in [2.45, 2.75) is 48.9 Å². The first-order valence-electron chi connectivity index (χ1n) is 5.96. The monoisotopic (exact) mass is 340 g/mol. The molecule has 0 saturated heterocycles. The van der Waals surface area contributed by atoms with Crippen LogP contribution in [0.2, 0.25) is 10.6 Å². The van der Waals surface area contributed by atoms with E-state index in [9.17, 15) is 14.4 Å². The van der Waals surface area contributed by atoms with Gasteiger partial charge in [-0.2, -0.15) is 0 Å². The summed E-state index contributed by atoms with van der Waals surface area (Å²) in [6.45, 7) is 2.03. The van der Waals surface area contributed by atoms with E-state index >= 15 is 0 Å². The summed E-state index contributed by atoms with van der Waals surface area (Å²) in [6, 6.07) is -2.00. The van der Waals surface area contributed by atoms with Crippen LogP contribution in [-0.2, 0) is 14.4 Å². The van der Waals surface area contributed by atoms with Gasteiger partial charge in [0.25, 0.3) is 0 Å². The maximum atomic E-state index is 11.5. The number of hydrogen-bond acceptors (Lipinski definition) is 4. The SMILES string of the molecule is CC[Se]CC[C@H](NC(=O)CC[C@H](N)C(=O)O)C(=O)O. The van der Waals surface area contributed by atoms with E-state index in [0.29, 0.717) is 21.4 Å². The number of nitrogens with two attached hydrogens (primary N) is 1. The molecule has 0 saturated carbocycles. The van der Waals surface area contributed by atoms with Crippen molar-refractivity contribution in [2.75, 3.05) is 0 Å². The predicted molar refractivity (Wildman–Crippen MR) is 70.1 cm³/mol. The van der Waals surface area contributed by atoms with Crippen molar-refractivity contribution in [3.05, 3.63) is 0 Å². The second-order valence-electron chi connectivity index (χ2n) is 3.93. The summed E-state index contributed by atoms with van der Waals surface area (Å²) >= 11 is 0.393. The summed E-state index contributed by atoms with van der Waals surface area (Å²) in [6.07, 6.45) is 0.308.